The van der Waals surface area contributed by atoms with Gasteiger partial charge in [-0.2, -0.15) is 0 Å². The van der Waals surface area contributed by atoms with Gasteiger partial charge in [0.2, 0.25) is 0 Å². The minimum Gasteiger partial charge on any atom is -0.328 e. The van der Waals surface area contributed by atoms with E-state index in [0.717, 1.165) is 25.9 Å². The number of piperidine rings is 1. The van der Waals surface area contributed by atoms with Gasteiger partial charge in [-0.15, -0.1) is 0 Å². The maximum Gasteiger partial charge on any atom is 0.178 e. The molecule has 1 fully saturated rings. The highest BCUT2D eigenvalue weighted by molar-refractivity contribution is 6.36. The molecule has 0 bridgehead atoms. The van der Waals surface area contributed by atoms with Gasteiger partial charge in [-0.3, -0.25) is 9.69 Å². The summed E-state index contributed by atoms with van der Waals surface area (Å²) in [5.41, 5.74) is 6.37. The van der Waals surface area contributed by atoms with E-state index < -0.39 is 0 Å². The number of carbonyl (C=O) groups is 1. The van der Waals surface area contributed by atoms with Crippen molar-refractivity contribution in [2.45, 2.75) is 18.9 Å². The molecule has 3 nitrogen and oxygen atoms in total. The second-order valence-corrected chi connectivity index (χ2v) is 5.50. The molecule has 1 heterocycles. The van der Waals surface area contributed by atoms with Gasteiger partial charge in [0.15, 0.2) is 5.78 Å². The third-order valence-electron chi connectivity index (χ3n) is 3.23. The Bertz CT molecular complexity index is 443. The first-order valence-corrected chi connectivity index (χ1v) is 6.78. The Kier molecular flexibility index (Phi) is 4.62. The van der Waals surface area contributed by atoms with Crippen LogP contribution in [-0.4, -0.2) is 36.4 Å². The van der Waals surface area contributed by atoms with Crippen molar-refractivity contribution >= 4 is 29.0 Å². The van der Waals surface area contributed by atoms with Crippen molar-refractivity contribution < 1.29 is 4.79 Å². The fraction of sp³-hybridized carbons (Fsp3) is 0.462. The van der Waals surface area contributed by atoms with Crippen molar-refractivity contribution in [2.24, 2.45) is 5.73 Å². The highest BCUT2D eigenvalue weighted by Gasteiger charge is 2.20. The maximum atomic E-state index is 12.1. The van der Waals surface area contributed by atoms with Gasteiger partial charge in [-0.05, 0) is 31.0 Å². The number of nitrogens with zero attached hydrogens (tertiary/aromatic N) is 1. The molecule has 0 amide bonds. The molecule has 2 N–H and O–H groups in total. The van der Waals surface area contributed by atoms with E-state index in [1.165, 1.54) is 0 Å². The summed E-state index contributed by atoms with van der Waals surface area (Å²) >= 11 is 11.8. The highest BCUT2D eigenvalue weighted by Crippen LogP contribution is 2.22. The Hall–Kier alpha value is -0.610. The van der Waals surface area contributed by atoms with Crippen LogP contribution >= 0.6 is 23.2 Å². The van der Waals surface area contributed by atoms with E-state index in [-0.39, 0.29) is 11.8 Å². The van der Waals surface area contributed by atoms with Crippen molar-refractivity contribution in [3.8, 4) is 0 Å². The van der Waals surface area contributed by atoms with Crippen LogP contribution < -0.4 is 5.73 Å². The molecule has 98 valence electrons. The molecule has 0 radical (unpaired) electrons. The number of benzene rings is 1. The van der Waals surface area contributed by atoms with Gasteiger partial charge in [0.1, 0.15) is 0 Å². The molecule has 0 spiro atoms. The molecule has 0 atom stereocenters. The van der Waals surface area contributed by atoms with Crippen molar-refractivity contribution in [1.29, 1.82) is 0 Å². The number of nitrogens with two attached hydrogens (primary N) is 1. The number of hydrogen-bond donors (Lipinski definition) is 1. The molecule has 1 aliphatic rings. The molecule has 1 saturated heterocycles. The van der Waals surface area contributed by atoms with Crippen LogP contribution in [0.1, 0.15) is 23.2 Å². The molecular weight excluding hydrogens is 271 g/mol. The summed E-state index contributed by atoms with van der Waals surface area (Å²) < 4.78 is 0. The monoisotopic (exact) mass is 286 g/mol. The molecule has 1 aromatic carbocycles. The number of carbonyl (C=O) groups excluding carboxylic acids is 1. The molecule has 5 heteroatoms. The zero-order valence-corrected chi connectivity index (χ0v) is 11.5. The van der Waals surface area contributed by atoms with Crippen LogP contribution in [0.4, 0.5) is 0 Å². The molecule has 18 heavy (non-hydrogen) atoms. The minimum absolute atomic E-state index is 0.0344. The molecule has 0 unspecified atom stereocenters. The quantitative estimate of drug-likeness (QED) is 0.869. The van der Waals surface area contributed by atoms with Gasteiger partial charge in [0.05, 0.1) is 11.6 Å². The van der Waals surface area contributed by atoms with E-state index in [1.54, 1.807) is 18.2 Å². The molecule has 0 saturated carbocycles. The zero-order chi connectivity index (χ0) is 13.1. The number of Topliss-reactive ketones (excluding diaryl/α,β-unsaturated/α-hetero) is 1. The first-order valence-electron chi connectivity index (χ1n) is 6.02. The Balaban J connectivity index is 1.99. The van der Waals surface area contributed by atoms with Crippen molar-refractivity contribution in [3.63, 3.8) is 0 Å². The van der Waals surface area contributed by atoms with Crippen LogP contribution in [0.5, 0.6) is 0 Å². The van der Waals surface area contributed by atoms with Crippen molar-refractivity contribution in [3.05, 3.63) is 33.8 Å². The highest BCUT2D eigenvalue weighted by atomic mass is 35.5. The number of likely N-dealkylation sites (tertiary alicyclic amines) is 1. The molecule has 1 aromatic rings. The Morgan fingerprint density at radius 3 is 2.61 bits per heavy atom. The van der Waals surface area contributed by atoms with E-state index in [2.05, 4.69) is 4.90 Å². The lowest BCUT2D eigenvalue weighted by Gasteiger charge is -2.29. The number of rotatable bonds is 3. The lowest BCUT2D eigenvalue weighted by atomic mass is 10.0. The smallest absolute Gasteiger partial charge is 0.178 e. The fourth-order valence-corrected chi connectivity index (χ4v) is 2.63. The van der Waals surface area contributed by atoms with E-state index in [0.29, 0.717) is 22.2 Å². The van der Waals surface area contributed by atoms with Crippen LogP contribution in [-0.2, 0) is 0 Å². The number of hydrogen-bond acceptors (Lipinski definition) is 3. The second kappa shape index (κ2) is 6.02. The van der Waals surface area contributed by atoms with E-state index in [1.807, 2.05) is 0 Å². The number of halogens is 2. The fourth-order valence-electron chi connectivity index (χ4n) is 2.11. The van der Waals surface area contributed by atoms with Crippen LogP contribution in [0.2, 0.25) is 10.0 Å². The predicted molar refractivity (Wildman–Crippen MR) is 74.4 cm³/mol. The Morgan fingerprint density at radius 2 is 2.00 bits per heavy atom. The Labute approximate surface area is 117 Å². The van der Waals surface area contributed by atoms with Gasteiger partial charge in [-0.1, -0.05) is 23.2 Å². The van der Waals surface area contributed by atoms with Crippen LogP contribution in [0.3, 0.4) is 0 Å². The first kappa shape index (κ1) is 13.8. The normalized spacial score (nSPS) is 17.9. The summed E-state index contributed by atoms with van der Waals surface area (Å²) in [6, 6.07) is 5.24. The maximum absolute atomic E-state index is 12.1. The van der Waals surface area contributed by atoms with Crippen molar-refractivity contribution in [1.82, 2.24) is 4.90 Å². The van der Waals surface area contributed by atoms with E-state index in [9.17, 15) is 4.79 Å². The molecule has 2 rings (SSSR count). The number of ketones is 1. The summed E-state index contributed by atoms with van der Waals surface area (Å²) in [5.74, 6) is 0.0344. The molecule has 1 aliphatic heterocycles. The third-order valence-corrected chi connectivity index (χ3v) is 3.78. The van der Waals surface area contributed by atoms with Crippen LogP contribution in [0.15, 0.2) is 18.2 Å². The SMILES string of the molecule is NC1CCN(CC(=O)c2ccc(Cl)cc2Cl)CC1. The average Bonchev–Trinajstić information content (AvgIpc) is 2.32. The zero-order valence-electron chi connectivity index (χ0n) is 10.0. The van der Waals surface area contributed by atoms with Gasteiger partial charge in [-0.25, -0.2) is 0 Å². The summed E-state index contributed by atoms with van der Waals surface area (Å²) in [7, 11) is 0. The van der Waals surface area contributed by atoms with E-state index in [4.69, 9.17) is 28.9 Å². The van der Waals surface area contributed by atoms with Crippen LogP contribution in [0, 0.1) is 0 Å². The summed E-state index contributed by atoms with van der Waals surface area (Å²) in [6.07, 6.45) is 1.89. The predicted octanol–water partition coefficient (Wildman–Crippen LogP) is 2.60. The lowest BCUT2D eigenvalue weighted by molar-refractivity contribution is 0.0910. The van der Waals surface area contributed by atoms with Crippen molar-refractivity contribution in [2.75, 3.05) is 19.6 Å². The van der Waals surface area contributed by atoms with Gasteiger partial charge < -0.3 is 5.73 Å². The summed E-state index contributed by atoms with van der Waals surface area (Å²) in [4.78, 5) is 14.2. The lowest BCUT2D eigenvalue weighted by Crippen LogP contribution is -2.41. The standard InChI is InChI=1S/C13H16Cl2N2O/c14-9-1-2-11(12(15)7-9)13(18)8-17-5-3-10(16)4-6-17/h1-2,7,10H,3-6,8,16H2. The topological polar surface area (TPSA) is 46.3 Å². The molecular formula is C13H16Cl2N2O. The van der Waals surface area contributed by atoms with Crippen LogP contribution in [0.25, 0.3) is 0 Å². The minimum atomic E-state index is 0.0344. The first-order chi connectivity index (χ1) is 8.56. The largest absolute Gasteiger partial charge is 0.328 e. The summed E-state index contributed by atoms with van der Waals surface area (Å²) in [6.45, 7) is 2.14. The average molecular weight is 287 g/mol. The van der Waals surface area contributed by atoms with Gasteiger partial charge in [0.25, 0.3) is 0 Å². The molecule has 0 aliphatic carbocycles. The summed E-state index contributed by atoms with van der Waals surface area (Å²) in [5, 5.41) is 0.960. The van der Waals surface area contributed by atoms with Gasteiger partial charge >= 0.3 is 0 Å². The van der Waals surface area contributed by atoms with Gasteiger partial charge in [0, 0.05) is 29.7 Å². The van der Waals surface area contributed by atoms with E-state index >= 15 is 0 Å². The molecule has 0 aromatic heterocycles. The Morgan fingerprint density at radius 1 is 1.33 bits per heavy atom. The second-order valence-electron chi connectivity index (χ2n) is 4.66. The third kappa shape index (κ3) is 3.45.